The first-order valence-corrected chi connectivity index (χ1v) is 7.95. The summed E-state index contributed by atoms with van der Waals surface area (Å²) < 4.78 is 0.723. The van der Waals surface area contributed by atoms with Gasteiger partial charge in [-0.25, -0.2) is 4.98 Å². The van der Waals surface area contributed by atoms with Crippen LogP contribution in [0.4, 0.5) is 0 Å². The van der Waals surface area contributed by atoms with Gasteiger partial charge in [0.2, 0.25) is 0 Å². The van der Waals surface area contributed by atoms with Gasteiger partial charge in [-0.05, 0) is 59.7 Å². The minimum atomic E-state index is -0.0474. The number of hydrogen-bond donors (Lipinski definition) is 1. The van der Waals surface area contributed by atoms with E-state index in [0.29, 0.717) is 11.7 Å². The monoisotopic (exact) mass is 389 g/mol. The number of pyridine rings is 1. The molecule has 0 spiro atoms. The van der Waals surface area contributed by atoms with Crippen LogP contribution in [-0.2, 0) is 0 Å². The SMILES string of the molecule is O=c1[nH]c(-c2ccc3ncccc3c2)nc(C2CC2)c1I. The van der Waals surface area contributed by atoms with Crippen LogP contribution in [0.25, 0.3) is 22.3 Å². The van der Waals surface area contributed by atoms with Gasteiger partial charge in [-0.15, -0.1) is 0 Å². The van der Waals surface area contributed by atoms with Gasteiger partial charge >= 0.3 is 0 Å². The summed E-state index contributed by atoms with van der Waals surface area (Å²) in [4.78, 5) is 24.0. The topological polar surface area (TPSA) is 58.6 Å². The summed E-state index contributed by atoms with van der Waals surface area (Å²) in [5, 5.41) is 1.05. The summed E-state index contributed by atoms with van der Waals surface area (Å²) in [6.45, 7) is 0. The predicted molar refractivity (Wildman–Crippen MR) is 90.3 cm³/mol. The van der Waals surface area contributed by atoms with Crippen LogP contribution in [0.1, 0.15) is 24.5 Å². The van der Waals surface area contributed by atoms with Crippen molar-refractivity contribution in [3.8, 4) is 11.4 Å². The smallest absolute Gasteiger partial charge is 0.264 e. The number of aromatic amines is 1. The van der Waals surface area contributed by atoms with E-state index in [1.54, 1.807) is 6.20 Å². The summed E-state index contributed by atoms with van der Waals surface area (Å²) >= 11 is 2.09. The maximum atomic E-state index is 12.1. The third kappa shape index (κ3) is 2.35. The zero-order valence-electron chi connectivity index (χ0n) is 11.1. The Morgan fingerprint density at radius 1 is 1.24 bits per heavy atom. The standard InChI is InChI=1S/C16H12IN3O/c17-13-14(9-3-4-9)19-15(20-16(13)21)11-5-6-12-10(8-11)2-1-7-18-12/h1-2,5-9H,3-4H2,(H,19,20,21). The van der Waals surface area contributed by atoms with E-state index in [4.69, 9.17) is 0 Å². The predicted octanol–water partition coefficient (Wildman–Crippen LogP) is 3.47. The summed E-state index contributed by atoms with van der Waals surface area (Å²) in [6, 6.07) is 9.85. The van der Waals surface area contributed by atoms with E-state index in [9.17, 15) is 4.79 Å². The normalized spacial score (nSPS) is 14.5. The van der Waals surface area contributed by atoms with Gasteiger partial charge in [-0.1, -0.05) is 6.07 Å². The molecule has 2 aromatic heterocycles. The number of benzene rings is 1. The molecular formula is C16H12IN3O. The van der Waals surface area contributed by atoms with E-state index in [1.807, 2.05) is 30.3 Å². The molecule has 0 aliphatic heterocycles. The van der Waals surface area contributed by atoms with Crippen LogP contribution in [0.2, 0.25) is 0 Å². The molecule has 1 aromatic carbocycles. The van der Waals surface area contributed by atoms with Gasteiger partial charge in [-0.3, -0.25) is 9.78 Å². The van der Waals surface area contributed by atoms with Crippen molar-refractivity contribution in [1.82, 2.24) is 15.0 Å². The number of rotatable bonds is 2. The Labute approximate surface area is 134 Å². The molecule has 21 heavy (non-hydrogen) atoms. The Morgan fingerprint density at radius 2 is 2.10 bits per heavy atom. The van der Waals surface area contributed by atoms with Crippen LogP contribution in [-0.4, -0.2) is 15.0 Å². The van der Waals surface area contributed by atoms with Crippen molar-refractivity contribution < 1.29 is 0 Å². The fraction of sp³-hybridized carbons (Fsp3) is 0.188. The van der Waals surface area contributed by atoms with Crippen molar-refractivity contribution in [2.24, 2.45) is 0 Å². The van der Waals surface area contributed by atoms with Crippen molar-refractivity contribution in [2.75, 3.05) is 0 Å². The Morgan fingerprint density at radius 3 is 2.90 bits per heavy atom. The number of fused-ring (bicyclic) bond motifs is 1. The first-order chi connectivity index (χ1) is 10.2. The first kappa shape index (κ1) is 12.9. The molecule has 4 nitrogen and oxygen atoms in total. The summed E-state index contributed by atoms with van der Waals surface area (Å²) in [6.07, 6.45) is 4.04. The van der Waals surface area contributed by atoms with Gasteiger partial charge in [0.25, 0.3) is 5.56 Å². The Kier molecular flexibility index (Phi) is 3.02. The molecule has 1 fully saturated rings. The molecule has 1 N–H and O–H groups in total. The van der Waals surface area contributed by atoms with E-state index < -0.39 is 0 Å². The minimum absolute atomic E-state index is 0.0474. The Hall–Kier alpha value is -1.76. The van der Waals surface area contributed by atoms with Crippen LogP contribution in [0.3, 0.4) is 0 Å². The van der Waals surface area contributed by atoms with Crippen molar-refractivity contribution in [3.05, 3.63) is 56.1 Å². The molecule has 1 saturated carbocycles. The van der Waals surface area contributed by atoms with Crippen molar-refractivity contribution in [1.29, 1.82) is 0 Å². The first-order valence-electron chi connectivity index (χ1n) is 6.87. The third-order valence-corrected chi connectivity index (χ3v) is 4.77. The summed E-state index contributed by atoms with van der Waals surface area (Å²) in [5.74, 6) is 1.10. The van der Waals surface area contributed by atoms with Crippen molar-refractivity contribution in [3.63, 3.8) is 0 Å². The maximum absolute atomic E-state index is 12.1. The Balaban J connectivity index is 1.89. The lowest BCUT2D eigenvalue weighted by Gasteiger charge is -2.07. The van der Waals surface area contributed by atoms with E-state index >= 15 is 0 Å². The van der Waals surface area contributed by atoms with Gasteiger partial charge in [0.05, 0.1) is 14.8 Å². The zero-order valence-corrected chi connectivity index (χ0v) is 13.3. The fourth-order valence-corrected chi connectivity index (χ4v) is 3.16. The van der Waals surface area contributed by atoms with Crippen molar-refractivity contribution in [2.45, 2.75) is 18.8 Å². The highest BCUT2D eigenvalue weighted by atomic mass is 127. The molecule has 3 aromatic rings. The molecular weight excluding hydrogens is 377 g/mol. The van der Waals surface area contributed by atoms with Gasteiger partial charge in [0.15, 0.2) is 0 Å². The van der Waals surface area contributed by atoms with Crippen LogP contribution in [0.15, 0.2) is 41.3 Å². The minimum Gasteiger partial charge on any atom is -0.306 e. The highest BCUT2D eigenvalue weighted by Gasteiger charge is 2.29. The summed E-state index contributed by atoms with van der Waals surface area (Å²) in [5.41, 5.74) is 2.76. The number of halogens is 1. The lowest BCUT2D eigenvalue weighted by Crippen LogP contribution is -2.15. The largest absolute Gasteiger partial charge is 0.306 e. The zero-order chi connectivity index (χ0) is 14.4. The summed E-state index contributed by atoms with van der Waals surface area (Å²) in [7, 11) is 0. The van der Waals surface area contributed by atoms with Crippen LogP contribution < -0.4 is 5.56 Å². The van der Waals surface area contributed by atoms with E-state index in [0.717, 1.165) is 38.6 Å². The highest BCUT2D eigenvalue weighted by Crippen LogP contribution is 2.40. The van der Waals surface area contributed by atoms with E-state index in [1.165, 1.54) is 0 Å². The molecule has 0 unspecified atom stereocenters. The van der Waals surface area contributed by atoms with Gasteiger partial charge in [-0.2, -0.15) is 0 Å². The van der Waals surface area contributed by atoms with Crippen LogP contribution in [0, 0.1) is 3.57 Å². The molecule has 0 atom stereocenters. The Bertz CT molecular complexity index is 899. The lowest BCUT2D eigenvalue weighted by molar-refractivity contribution is 0.958. The second kappa shape index (κ2) is 4.91. The third-order valence-electron chi connectivity index (χ3n) is 3.73. The van der Waals surface area contributed by atoms with Crippen molar-refractivity contribution >= 4 is 33.5 Å². The molecule has 104 valence electrons. The number of hydrogen-bond acceptors (Lipinski definition) is 3. The van der Waals surface area contributed by atoms with Gasteiger partial charge < -0.3 is 4.98 Å². The molecule has 0 radical (unpaired) electrons. The van der Waals surface area contributed by atoms with Crippen LogP contribution >= 0.6 is 22.6 Å². The molecule has 0 bridgehead atoms. The molecule has 0 amide bonds. The van der Waals surface area contributed by atoms with E-state index in [-0.39, 0.29) is 5.56 Å². The number of nitrogens with zero attached hydrogens (tertiary/aromatic N) is 2. The molecule has 2 heterocycles. The quantitative estimate of drug-likeness (QED) is 0.683. The van der Waals surface area contributed by atoms with E-state index in [2.05, 4.69) is 37.5 Å². The molecule has 0 saturated heterocycles. The van der Waals surface area contributed by atoms with Gasteiger partial charge in [0, 0.05) is 23.1 Å². The lowest BCUT2D eigenvalue weighted by atomic mass is 10.1. The average Bonchev–Trinajstić information content (AvgIpc) is 3.34. The molecule has 5 heteroatoms. The molecule has 1 aliphatic rings. The molecule has 1 aliphatic carbocycles. The average molecular weight is 389 g/mol. The second-order valence-electron chi connectivity index (χ2n) is 5.30. The number of nitrogens with one attached hydrogen (secondary N) is 1. The highest BCUT2D eigenvalue weighted by molar-refractivity contribution is 14.1. The molecule has 4 rings (SSSR count). The second-order valence-corrected chi connectivity index (χ2v) is 6.38. The van der Waals surface area contributed by atoms with Crippen LogP contribution in [0.5, 0.6) is 0 Å². The fourth-order valence-electron chi connectivity index (χ4n) is 2.46. The van der Waals surface area contributed by atoms with Gasteiger partial charge in [0.1, 0.15) is 5.82 Å². The number of aromatic nitrogens is 3. The number of H-pyrrole nitrogens is 1. The maximum Gasteiger partial charge on any atom is 0.264 e.